The first-order chi connectivity index (χ1) is 7.62. The molecule has 88 valence electrons. The summed E-state index contributed by atoms with van der Waals surface area (Å²) < 4.78 is 26.6. The molecule has 1 unspecified atom stereocenters. The first-order valence-corrected chi connectivity index (χ1v) is 5.69. The minimum atomic E-state index is -2.54. The van der Waals surface area contributed by atoms with Gasteiger partial charge in [0.15, 0.2) is 0 Å². The fourth-order valence-electron chi connectivity index (χ4n) is 2.51. The highest BCUT2D eigenvalue weighted by atomic mass is 19.3. The normalized spacial score (nSPS) is 24.3. The molecule has 16 heavy (non-hydrogen) atoms. The number of aliphatic hydroxyl groups excluding tert-OH is 1. The van der Waals surface area contributed by atoms with Gasteiger partial charge in [0.1, 0.15) is 0 Å². The molecule has 1 saturated carbocycles. The summed E-state index contributed by atoms with van der Waals surface area (Å²) >= 11 is 0. The lowest BCUT2D eigenvalue weighted by molar-refractivity contribution is -0.0409. The Bertz CT molecular complexity index is 363. The van der Waals surface area contributed by atoms with Gasteiger partial charge < -0.3 is 5.11 Å². The summed E-state index contributed by atoms with van der Waals surface area (Å²) in [5.74, 6) is -2.64. The molecule has 1 aliphatic rings. The van der Waals surface area contributed by atoms with Crippen molar-refractivity contribution in [3.05, 3.63) is 35.4 Å². The van der Waals surface area contributed by atoms with Crippen LogP contribution < -0.4 is 0 Å². The van der Waals surface area contributed by atoms with Gasteiger partial charge in [0.25, 0.3) is 0 Å². The van der Waals surface area contributed by atoms with Gasteiger partial charge >= 0.3 is 0 Å². The predicted octanol–water partition coefficient (Wildman–Crippen LogP) is 3.47. The Morgan fingerprint density at radius 3 is 2.75 bits per heavy atom. The lowest BCUT2D eigenvalue weighted by Gasteiger charge is -2.30. The van der Waals surface area contributed by atoms with Crippen molar-refractivity contribution in [3.8, 4) is 0 Å². The molecule has 1 aliphatic carbocycles. The molecule has 0 aliphatic heterocycles. The van der Waals surface area contributed by atoms with Gasteiger partial charge in [-0.05, 0) is 29.9 Å². The van der Waals surface area contributed by atoms with E-state index < -0.39 is 5.92 Å². The van der Waals surface area contributed by atoms with Gasteiger partial charge in [-0.25, -0.2) is 8.78 Å². The molecule has 0 radical (unpaired) electrons. The van der Waals surface area contributed by atoms with Crippen LogP contribution >= 0.6 is 0 Å². The Kier molecular flexibility index (Phi) is 3.24. The van der Waals surface area contributed by atoms with Crippen molar-refractivity contribution in [1.82, 2.24) is 0 Å². The van der Waals surface area contributed by atoms with Crippen LogP contribution in [0.1, 0.15) is 42.7 Å². The quantitative estimate of drug-likeness (QED) is 0.818. The molecule has 1 aromatic carbocycles. The van der Waals surface area contributed by atoms with Crippen molar-refractivity contribution in [2.24, 2.45) is 0 Å². The zero-order valence-electron chi connectivity index (χ0n) is 9.13. The predicted molar refractivity (Wildman–Crippen MR) is 58.5 cm³/mol. The third-order valence-electron chi connectivity index (χ3n) is 3.31. The maximum absolute atomic E-state index is 13.3. The molecule has 0 spiro atoms. The Morgan fingerprint density at radius 1 is 1.31 bits per heavy atom. The van der Waals surface area contributed by atoms with Gasteiger partial charge in [0.05, 0.1) is 6.61 Å². The van der Waals surface area contributed by atoms with E-state index in [0.29, 0.717) is 6.42 Å². The van der Waals surface area contributed by atoms with Crippen LogP contribution in [0.15, 0.2) is 24.3 Å². The highest BCUT2D eigenvalue weighted by Crippen LogP contribution is 2.42. The van der Waals surface area contributed by atoms with Crippen molar-refractivity contribution in [2.75, 3.05) is 0 Å². The largest absolute Gasteiger partial charge is 0.392 e. The summed E-state index contributed by atoms with van der Waals surface area (Å²) in [6, 6.07) is 7.34. The molecule has 0 aromatic heterocycles. The molecule has 0 bridgehead atoms. The summed E-state index contributed by atoms with van der Waals surface area (Å²) in [5, 5.41) is 9.19. The van der Waals surface area contributed by atoms with E-state index in [0.717, 1.165) is 17.5 Å². The maximum atomic E-state index is 13.3. The molecule has 3 heteroatoms. The van der Waals surface area contributed by atoms with Crippen LogP contribution in [0.2, 0.25) is 0 Å². The van der Waals surface area contributed by atoms with Gasteiger partial charge in [-0.15, -0.1) is 0 Å². The van der Waals surface area contributed by atoms with Crippen molar-refractivity contribution in [1.29, 1.82) is 0 Å². The van der Waals surface area contributed by atoms with Crippen LogP contribution in [0.3, 0.4) is 0 Å². The van der Waals surface area contributed by atoms with Gasteiger partial charge in [-0.3, -0.25) is 0 Å². The van der Waals surface area contributed by atoms with E-state index in [1.807, 2.05) is 24.3 Å². The Balaban J connectivity index is 2.23. The lowest BCUT2D eigenvalue weighted by Crippen LogP contribution is -2.25. The zero-order valence-corrected chi connectivity index (χ0v) is 9.13. The number of halogens is 2. The van der Waals surface area contributed by atoms with Crippen molar-refractivity contribution < 1.29 is 13.9 Å². The van der Waals surface area contributed by atoms with Gasteiger partial charge in [0.2, 0.25) is 5.92 Å². The minimum Gasteiger partial charge on any atom is -0.392 e. The molecule has 1 N–H and O–H groups in total. The third-order valence-corrected chi connectivity index (χ3v) is 3.31. The number of benzene rings is 1. The van der Waals surface area contributed by atoms with E-state index in [1.165, 1.54) is 0 Å². The number of hydrogen-bond acceptors (Lipinski definition) is 1. The second kappa shape index (κ2) is 4.50. The SMILES string of the molecule is OCc1ccccc1C1CCCC(F)(F)C1. The zero-order chi connectivity index (χ0) is 11.6. The number of alkyl halides is 2. The third kappa shape index (κ3) is 2.40. The number of hydrogen-bond donors (Lipinski definition) is 1. The van der Waals surface area contributed by atoms with Crippen LogP contribution in [0.4, 0.5) is 8.78 Å². The summed E-state index contributed by atoms with van der Waals surface area (Å²) in [4.78, 5) is 0. The Labute approximate surface area is 94.1 Å². The van der Waals surface area contributed by atoms with Gasteiger partial charge in [0, 0.05) is 12.8 Å². The smallest absolute Gasteiger partial charge is 0.248 e. The average Bonchev–Trinajstić information content (AvgIpc) is 2.27. The van der Waals surface area contributed by atoms with E-state index in [9.17, 15) is 13.9 Å². The summed E-state index contributed by atoms with van der Waals surface area (Å²) in [6.07, 6.45) is 1.29. The van der Waals surface area contributed by atoms with Crippen LogP contribution in [-0.4, -0.2) is 11.0 Å². The lowest BCUT2D eigenvalue weighted by atomic mass is 9.80. The second-order valence-corrected chi connectivity index (χ2v) is 4.51. The first kappa shape index (κ1) is 11.5. The van der Waals surface area contributed by atoms with E-state index in [2.05, 4.69) is 0 Å². The van der Waals surface area contributed by atoms with Crippen LogP contribution in [0, 0.1) is 0 Å². The van der Waals surface area contributed by atoms with E-state index in [-0.39, 0.29) is 25.4 Å². The number of aliphatic hydroxyl groups is 1. The topological polar surface area (TPSA) is 20.2 Å². The fourth-order valence-corrected chi connectivity index (χ4v) is 2.51. The highest BCUT2D eigenvalue weighted by molar-refractivity contribution is 5.30. The van der Waals surface area contributed by atoms with Gasteiger partial charge in [-0.2, -0.15) is 0 Å². The summed E-state index contributed by atoms with van der Waals surface area (Å²) in [7, 11) is 0. The van der Waals surface area contributed by atoms with E-state index in [1.54, 1.807) is 0 Å². The number of rotatable bonds is 2. The van der Waals surface area contributed by atoms with Crippen LogP contribution in [0.5, 0.6) is 0 Å². The molecule has 0 heterocycles. The monoisotopic (exact) mass is 226 g/mol. The Hall–Kier alpha value is -0.960. The molecule has 0 amide bonds. The summed E-state index contributed by atoms with van der Waals surface area (Å²) in [6.45, 7) is -0.0712. The highest BCUT2D eigenvalue weighted by Gasteiger charge is 2.37. The van der Waals surface area contributed by atoms with Gasteiger partial charge in [-0.1, -0.05) is 24.3 Å². The molecule has 1 aromatic rings. The molecular formula is C13H16F2O. The van der Waals surface area contributed by atoms with Crippen molar-refractivity contribution >= 4 is 0 Å². The molecule has 1 fully saturated rings. The molecular weight excluding hydrogens is 210 g/mol. The van der Waals surface area contributed by atoms with E-state index in [4.69, 9.17) is 0 Å². The second-order valence-electron chi connectivity index (χ2n) is 4.51. The van der Waals surface area contributed by atoms with Crippen LogP contribution in [-0.2, 0) is 6.61 Å². The summed E-state index contributed by atoms with van der Waals surface area (Å²) in [5.41, 5.74) is 1.68. The molecule has 0 saturated heterocycles. The first-order valence-electron chi connectivity index (χ1n) is 5.69. The Morgan fingerprint density at radius 2 is 2.06 bits per heavy atom. The fraction of sp³-hybridized carbons (Fsp3) is 0.538. The maximum Gasteiger partial charge on any atom is 0.248 e. The molecule has 1 atom stereocenters. The average molecular weight is 226 g/mol. The molecule has 2 rings (SSSR count). The minimum absolute atomic E-state index is 0.00475. The van der Waals surface area contributed by atoms with Crippen molar-refractivity contribution in [3.63, 3.8) is 0 Å². The van der Waals surface area contributed by atoms with Crippen molar-refractivity contribution in [2.45, 2.75) is 44.1 Å². The molecule has 1 nitrogen and oxygen atoms in total. The van der Waals surface area contributed by atoms with E-state index >= 15 is 0 Å². The van der Waals surface area contributed by atoms with Crippen LogP contribution in [0.25, 0.3) is 0 Å². The standard InChI is InChI=1S/C13H16F2O/c14-13(15)7-3-5-10(8-13)12-6-2-1-4-11(12)9-16/h1-2,4,6,10,16H,3,5,7-9H2.